The number of aromatic amines is 1. The number of amides is 2. The van der Waals surface area contributed by atoms with Crippen LogP contribution in [0, 0.1) is 5.92 Å². The molecule has 1 fully saturated rings. The first-order valence-electron chi connectivity index (χ1n) is 17.1. The number of fused-ring (bicyclic) bond motifs is 1. The number of likely N-dealkylation sites (tertiary alicyclic amines) is 1. The van der Waals surface area contributed by atoms with Crippen molar-refractivity contribution in [2.45, 2.75) is 63.3 Å². The van der Waals surface area contributed by atoms with Crippen LogP contribution in [0.25, 0.3) is 22.0 Å². The Labute approximate surface area is 312 Å². The number of carboxylic acids is 2. The number of carboxylic acid groups (broad SMARTS) is 2. The number of nitrogens with one attached hydrogen (secondary N) is 3. The molecule has 0 spiro atoms. The molecule has 1 atom stereocenters. The lowest BCUT2D eigenvalue weighted by atomic mass is 9.95. The second kappa shape index (κ2) is 20.1. The fourth-order valence-electron chi connectivity index (χ4n) is 5.49. The summed E-state index contributed by atoms with van der Waals surface area (Å²) in [5.41, 5.74) is 9.14. The number of halogens is 6. The lowest BCUT2D eigenvalue weighted by Crippen LogP contribution is -2.40. The number of anilines is 2. The van der Waals surface area contributed by atoms with Gasteiger partial charge in [0.25, 0.3) is 0 Å². The van der Waals surface area contributed by atoms with E-state index in [9.17, 15) is 35.9 Å². The van der Waals surface area contributed by atoms with Crippen molar-refractivity contribution < 1.29 is 55.7 Å². The van der Waals surface area contributed by atoms with Gasteiger partial charge in [0, 0.05) is 17.9 Å². The first-order valence-corrected chi connectivity index (χ1v) is 17.1. The molecule has 0 unspecified atom stereocenters. The molecule has 18 heteroatoms. The summed E-state index contributed by atoms with van der Waals surface area (Å²) in [5.74, 6) is -4.66. The summed E-state index contributed by atoms with van der Waals surface area (Å²) in [5, 5.41) is 22.8. The van der Waals surface area contributed by atoms with E-state index < -0.39 is 24.3 Å². The number of aliphatic carboxylic acids is 2. The number of H-pyrrole nitrogens is 1. The van der Waals surface area contributed by atoms with Crippen molar-refractivity contribution in [2.75, 3.05) is 31.2 Å². The molecule has 1 aromatic heterocycles. The topological polar surface area (TPSA) is 191 Å². The highest BCUT2D eigenvalue weighted by atomic mass is 19.4. The van der Waals surface area contributed by atoms with Gasteiger partial charge in [-0.25, -0.2) is 14.6 Å². The number of rotatable bonds is 11. The van der Waals surface area contributed by atoms with Crippen LogP contribution >= 0.6 is 0 Å². The molecule has 1 aliphatic heterocycles. The molecule has 0 aliphatic carbocycles. The summed E-state index contributed by atoms with van der Waals surface area (Å²) in [6.45, 7) is 1.87. The van der Waals surface area contributed by atoms with Gasteiger partial charge in [0.05, 0.1) is 29.3 Å². The lowest BCUT2D eigenvalue weighted by Gasteiger charge is -2.29. The Kier molecular flexibility index (Phi) is 16.0. The number of benzene rings is 3. The number of unbranched alkanes of at least 4 members (excludes halogenated alkanes) is 2. The number of piperidine rings is 1. The van der Waals surface area contributed by atoms with Gasteiger partial charge >= 0.3 is 24.3 Å². The Morgan fingerprint density at radius 1 is 0.873 bits per heavy atom. The molecule has 1 aliphatic rings. The summed E-state index contributed by atoms with van der Waals surface area (Å²) in [6, 6.07) is 21.7. The van der Waals surface area contributed by atoms with Crippen molar-refractivity contribution >= 4 is 45.9 Å². The third-order valence-corrected chi connectivity index (χ3v) is 8.51. The maximum Gasteiger partial charge on any atom is 0.490 e. The van der Waals surface area contributed by atoms with E-state index in [0.29, 0.717) is 17.8 Å². The Bertz CT molecular complexity index is 1870. The highest BCUT2D eigenvalue weighted by Crippen LogP contribution is 2.27. The van der Waals surface area contributed by atoms with Crippen LogP contribution in [-0.2, 0) is 19.2 Å². The number of carbonyl (C=O) groups excluding carboxylic acids is 2. The van der Waals surface area contributed by atoms with Crippen LogP contribution in [0.2, 0.25) is 0 Å². The molecule has 2 heterocycles. The highest BCUT2D eigenvalue weighted by Gasteiger charge is 2.39. The number of hydrogen-bond acceptors (Lipinski definition) is 7. The largest absolute Gasteiger partial charge is 0.490 e. The van der Waals surface area contributed by atoms with E-state index >= 15 is 0 Å². The van der Waals surface area contributed by atoms with Crippen LogP contribution in [0.15, 0.2) is 72.9 Å². The van der Waals surface area contributed by atoms with Gasteiger partial charge < -0.3 is 36.5 Å². The number of para-hydroxylation sites is 2. The van der Waals surface area contributed by atoms with Crippen molar-refractivity contribution in [1.29, 1.82) is 0 Å². The zero-order valence-electron chi connectivity index (χ0n) is 29.7. The van der Waals surface area contributed by atoms with Crippen LogP contribution in [0.3, 0.4) is 0 Å². The Balaban J connectivity index is 0.000000494. The van der Waals surface area contributed by atoms with Crippen molar-refractivity contribution in [3.8, 4) is 11.3 Å². The van der Waals surface area contributed by atoms with Crippen LogP contribution in [0.4, 0.5) is 37.7 Å². The number of nitrogens with zero attached hydrogens (tertiary/aromatic N) is 2. The van der Waals surface area contributed by atoms with E-state index in [1.807, 2.05) is 30.5 Å². The van der Waals surface area contributed by atoms with E-state index in [4.69, 9.17) is 30.5 Å². The SMILES string of the molecule is CN1CCC(C(=O)N[C@@H](CCCCCC(=O)Nc2ccccc2N)c2ncc(-c3ccc4ccccc4c3)[nH]2)CC1.O=C(O)C(F)(F)F.O=C(O)C(F)(F)F. The smallest absolute Gasteiger partial charge is 0.475 e. The lowest BCUT2D eigenvalue weighted by molar-refractivity contribution is -0.193. The molecule has 298 valence electrons. The zero-order valence-corrected chi connectivity index (χ0v) is 29.7. The fraction of sp³-hybridized carbons (Fsp3) is 0.378. The number of alkyl halides is 6. The van der Waals surface area contributed by atoms with E-state index in [0.717, 1.165) is 68.7 Å². The predicted octanol–water partition coefficient (Wildman–Crippen LogP) is 7.17. The maximum absolute atomic E-state index is 13.3. The van der Waals surface area contributed by atoms with Gasteiger partial charge in [-0.1, -0.05) is 61.4 Å². The number of hydrogen-bond donors (Lipinski definition) is 6. The first kappa shape index (κ1) is 43.8. The monoisotopic (exact) mass is 780 g/mol. The quantitative estimate of drug-likeness (QED) is 0.0521. The Morgan fingerprint density at radius 2 is 1.45 bits per heavy atom. The van der Waals surface area contributed by atoms with Gasteiger partial charge in [-0.15, -0.1) is 0 Å². The number of nitrogen functional groups attached to an aromatic ring is 1. The van der Waals surface area contributed by atoms with E-state index in [2.05, 4.69) is 57.9 Å². The van der Waals surface area contributed by atoms with Gasteiger partial charge in [-0.3, -0.25) is 9.59 Å². The first-order chi connectivity index (χ1) is 25.8. The van der Waals surface area contributed by atoms with Crippen molar-refractivity contribution in [1.82, 2.24) is 20.2 Å². The number of nitrogens with two attached hydrogens (primary N) is 1. The molecular formula is C37H42F6N6O6. The molecular weight excluding hydrogens is 738 g/mol. The standard InChI is InChI=1S/C33H40N6O2.2C2HF3O2/c1-39-19-17-24(18-20-39)33(41)38-29(13-3-2-4-14-31(40)36-28-12-8-7-11-27(28)34)32-35-22-30(37-32)26-16-15-23-9-5-6-10-25(23)21-26;2*3-2(4,5)1(6)7/h5-12,15-16,21-22,24,29H,2-4,13-14,17-20,34H2,1H3,(H,35,37)(H,36,40)(H,38,41);2*(H,6,7)/t29-;;/m0../s1. The minimum absolute atomic E-state index is 0.0257. The minimum Gasteiger partial charge on any atom is -0.475 e. The molecule has 3 aromatic carbocycles. The molecule has 0 saturated carbocycles. The number of aromatic nitrogens is 2. The number of imidazole rings is 1. The summed E-state index contributed by atoms with van der Waals surface area (Å²) in [4.78, 5) is 53.9. The van der Waals surface area contributed by atoms with Gasteiger partial charge in [-0.2, -0.15) is 26.3 Å². The fourth-order valence-corrected chi connectivity index (χ4v) is 5.49. The molecule has 5 rings (SSSR count). The van der Waals surface area contributed by atoms with Crippen molar-refractivity contribution in [2.24, 2.45) is 5.92 Å². The molecule has 12 nitrogen and oxygen atoms in total. The van der Waals surface area contributed by atoms with Gasteiger partial charge in [0.15, 0.2) is 0 Å². The van der Waals surface area contributed by atoms with Crippen molar-refractivity contribution in [3.05, 3.63) is 78.8 Å². The molecule has 0 radical (unpaired) electrons. The maximum atomic E-state index is 13.3. The van der Waals surface area contributed by atoms with Gasteiger partial charge in [0.1, 0.15) is 5.82 Å². The third-order valence-electron chi connectivity index (χ3n) is 8.51. The Hall–Kier alpha value is -5.65. The molecule has 0 bridgehead atoms. The summed E-state index contributed by atoms with van der Waals surface area (Å²) >= 11 is 0. The average Bonchev–Trinajstić information content (AvgIpc) is 3.62. The highest BCUT2D eigenvalue weighted by molar-refractivity contribution is 5.93. The minimum atomic E-state index is -5.08. The molecule has 55 heavy (non-hydrogen) atoms. The van der Waals surface area contributed by atoms with Gasteiger partial charge in [0.2, 0.25) is 11.8 Å². The average molecular weight is 781 g/mol. The predicted molar refractivity (Wildman–Crippen MR) is 193 cm³/mol. The molecule has 1 saturated heterocycles. The van der Waals surface area contributed by atoms with Crippen LogP contribution < -0.4 is 16.4 Å². The van der Waals surface area contributed by atoms with Crippen LogP contribution in [0.5, 0.6) is 0 Å². The number of carbonyl (C=O) groups is 4. The van der Waals surface area contributed by atoms with Crippen molar-refractivity contribution in [3.63, 3.8) is 0 Å². The summed E-state index contributed by atoms with van der Waals surface area (Å²) in [7, 11) is 2.10. The van der Waals surface area contributed by atoms with E-state index in [1.165, 1.54) is 10.8 Å². The Morgan fingerprint density at radius 3 is 2.05 bits per heavy atom. The molecule has 4 aromatic rings. The van der Waals surface area contributed by atoms with E-state index in [-0.39, 0.29) is 23.8 Å². The van der Waals surface area contributed by atoms with Gasteiger partial charge in [-0.05, 0) is 74.8 Å². The third kappa shape index (κ3) is 14.6. The van der Waals surface area contributed by atoms with Crippen LogP contribution in [0.1, 0.15) is 56.8 Å². The molecule has 7 N–H and O–H groups in total. The summed E-state index contributed by atoms with van der Waals surface area (Å²) < 4.78 is 63.5. The molecule has 2 amide bonds. The van der Waals surface area contributed by atoms with Crippen LogP contribution in [-0.4, -0.2) is 81.3 Å². The second-order valence-electron chi connectivity index (χ2n) is 12.7. The normalized spacial score (nSPS) is 14.1. The summed E-state index contributed by atoms with van der Waals surface area (Å²) in [6.07, 6.45) is -2.90. The zero-order chi connectivity index (χ0) is 40.8. The second-order valence-corrected chi connectivity index (χ2v) is 12.7. The van der Waals surface area contributed by atoms with E-state index in [1.54, 1.807) is 12.1 Å².